The third-order valence-corrected chi connectivity index (χ3v) is 6.33. The molecule has 1 atom stereocenters. The number of carbonyl (C=O) groups excluding carboxylic acids is 2. The lowest BCUT2D eigenvalue weighted by atomic mass is 10.0. The van der Waals surface area contributed by atoms with Gasteiger partial charge in [0.25, 0.3) is 0 Å². The van der Waals surface area contributed by atoms with E-state index < -0.39 is 0 Å². The first-order valence-corrected chi connectivity index (χ1v) is 10.5. The van der Waals surface area contributed by atoms with Crippen molar-refractivity contribution in [1.82, 2.24) is 19.3 Å². The topological polar surface area (TPSA) is 48.8 Å². The zero-order valence-electron chi connectivity index (χ0n) is 17.2. The predicted molar refractivity (Wildman–Crippen MR) is 116 cm³/mol. The zero-order chi connectivity index (χ0) is 20.7. The first-order valence-electron chi connectivity index (χ1n) is 10.5. The first kappa shape index (κ1) is 18.9. The predicted octanol–water partition coefficient (Wildman–Crippen LogP) is 2.23. The largest absolute Gasteiger partial charge is 0.353 e. The summed E-state index contributed by atoms with van der Waals surface area (Å²) in [6.07, 6.45) is 1.96. The highest BCUT2D eigenvalue weighted by molar-refractivity contribution is 5.95. The molecule has 154 valence electrons. The van der Waals surface area contributed by atoms with Gasteiger partial charge in [-0.05, 0) is 34.5 Å². The number of aromatic nitrogens is 1. The van der Waals surface area contributed by atoms with E-state index in [1.165, 1.54) is 16.3 Å². The van der Waals surface area contributed by atoms with Crippen LogP contribution in [0.25, 0.3) is 10.8 Å². The van der Waals surface area contributed by atoms with Crippen LogP contribution in [0.15, 0.2) is 60.8 Å². The SMILES string of the molecule is Cn1cccc1CN1CC(=O)N2CCN(Cc3ccc4ccccc4c3)CC2C1=O. The summed E-state index contributed by atoms with van der Waals surface area (Å²) >= 11 is 0. The number of piperazine rings is 2. The first-order chi connectivity index (χ1) is 14.6. The minimum atomic E-state index is -0.388. The molecule has 0 spiro atoms. The number of nitrogens with zero attached hydrogens (tertiary/aromatic N) is 4. The van der Waals surface area contributed by atoms with Crippen molar-refractivity contribution >= 4 is 22.6 Å². The van der Waals surface area contributed by atoms with Gasteiger partial charge >= 0.3 is 0 Å². The molecule has 0 radical (unpaired) electrons. The molecule has 0 bridgehead atoms. The van der Waals surface area contributed by atoms with Crippen molar-refractivity contribution in [3.63, 3.8) is 0 Å². The molecule has 2 aromatic carbocycles. The number of rotatable bonds is 4. The Morgan fingerprint density at radius 2 is 1.77 bits per heavy atom. The van der Waals surface area contributed by atoms with E-state index >= 15 is 0 Å². The summed E-state index contributed by atoms with van der Waals surface area (Å²) in [5, 5.41) is 2.46. The fraction of sp³-hybridized carbons (Fsp3) is 0.333. The van der Waals surface area contributed by atoms with E-state index in [1.807, 2.05) is 36.0 Å². The fourth-order valence-electron chi connectivity index (χ4n) is 4.62. The Labute approximate surface area is 176 Å². The number of aryl methyl sites for hydroxylation is 1. The standard InChI is InChI=1S/C24H26N4O2/c1-25-10-4-7-21(25)15-27-17-23(29)28-12-11-26(16-22(28)24(27)30)14-18-8-9-19-5-2-3-6-20(19)13-18/h2-10,13,22H,11-12,14-17H2,1H3. The Bertz CT molecular complexity index is 1110. The van der Waals surface area contributed by atoms with Gasteiger partial charge in [-0.15, -0.1) is 0 Å². The van der Waals surface area contributed by atoms with Gasteiger partial charge in [0, 0.05) is 45.1 Å². The van der Waals surface area contributed by atoms with E-state index in [4.69, 9.17) is 0 Å². The van der Waals surface area contributed by atoms with Gasteiger partial charge in [0.1, 0.15) is 12.6 Å². The van der Waals surface area contributed by atoms with Gasteiger partial charge in [0.15, 0.2) is 0 Å². The van der Waals surface area contributed by atoms with Crippen LogP contribution in [0.4, 0.5) is 0 Å². The van der Waals surface area contributed by atoms with E-state index in [-0.39, 0.29) is 24.4 Å². The number of fused-ring (bicyclic) bond motifs is 2. The summed E-state index contributed by atoms with van der Waals surface area (Å²) in [7, 11) is 1.96. The van der Waals surface area contributed by atoms with Gasteiger partial charge < -0.3 is 14.4 Å². The minimum Gasteiger partial charge on any atom is -0.353 e. The lowest BCUT2D eigenvalue weighted by Crippen LogP contribution is -2.66. The van der Waals surface area contributed by atoms with Crippen LogP contribution in [-0.2, 0) is 29.7 Å². The van der Waals surface area contributed by atoms with Crippen molar-refractivity contribution in [2.24, 2.45) is 7.05 Å². The highest BCUT2D eigenvalue weighted by Gasteiger charge is 2.42. The molecule has 0 saturated carbocycles. The molecule has 2 fully saturated rings. The highest BCUT2D eigenvalue weighted by atomic mass is 16.2. The minimum absolute atomic E-state index is 0.0546. The Morgan fingerprint density at radius 1 is 0.933 bits per heavy atom. The van der Waals surface area contributed by atoms with Crippen LogP contribution >= 0.6 is 0 Å². The lowest BCUT2D eigenvalue weighted by molar-refractivity contribution is -0.160. The number of amides is 2. The third-order valence-electron chi connectivity index (χ3n) is 6.33. The number of carbonyl (C=O) groups is 2. The molecule has 2 saturated heterocycles. The van der Waals surface area contributed by atoms with Crippen LogP contribution < -0.4 is 0 Å². The van der Waals surface area contributed by atoms with Gasteiger partial charge in [0.2, 0.25) is 11.8 Å². The van der Waals surface area contributed by atoms with E-state index in [1.54, 1.807) is 9.80 Å². The second-order valence-electron chi connectivity index (χ2n) is 8.32. The number of benzene rings is 2. The Hall–Kier alpha value is -3.12. The Balaban J connectivity index is 1.31. The normalized spacial score (nSPS) is 20.1. The van der Waals surface area contributed by atoms with Crippen molar-refractivity contribution < 1.29 is 9.59 Å². The smallest absolute Gasteiger partial charge is 0.247 e. The maximum atomic E-state index is 13.2. The van der Waals surface area contributed by atoms with E-state index in [0.717, 1.165) is 18.8 Å². The number of hydrogen-bond donors (Lipinski definition) is 0. The summed E-state index contributed by atoms with van der Waals surface area (Å²) in [5.74, 6) is 0.109. The van der Waals surface area contributed by atoms with Crippen molar-refractivity contribution in [1.29, 1.82) is 0 Å². The maximum Gasteiger partial charge on any atom is 0.247 e. The van der Waals surface area contributed by atoms with Crippen molar-refractivity contribution in [2.45, 2.75) is 19.1 Å². The molecular weight excluding hydrogens is 376 g/mol. The average Bonchev–Trinajstić information content (AvgIpc) is 3.16. The number of hydrogen-bond acceptors (Lipinski definition) is 3. The van der Waals surface area contributed by atoms with Gasteiger partial charge in [-0.1, -0.05) is 36.4 Å². The molecule has 2 aliphatic heterocycles. The van der Waals surface area contributed by atoms with Crippen LogP contribution in [0.1, 0.15) is 11.3 Å². The average molecular weight is 402 g/mol. The quantitative estimate of drug-likeness (QED) is 0.673. The zero-order valence-corrected chi connectivity index (χ0v) is 17.2. The van der Waals surface area contributed by atoms with Crippen LogP contribution in [0, 0.1) is 0 Å². The van der Waals surface area contributed by atoms with Crippen LogP contribution in [0.2, 0.25) is 0 Å². The second-order valence-corrected chi connectivity index (χ2v) is 8.32. The molecular formula is C24H26N4O2. The molecule has 6 heteroatoms. The molecule has 3 heterocycles. The third kappa shape index (κ3) is 3.48. The molecule has 3 aromatic rings. The molecule has 0 aliphatic carbocycles. The molecule has 2 aliphatic rings. The molecule has 2 amide bonds. The van der Waals surface area contributed by atoms with E-state index in [0.29, 0.717) is 19.6 Å². The molecule has 0 N–H and O–H groups in total. The molecule has 1 aromatic heterocycles. The van der Waals surface area contributed by atoms with E-state index in [2.05, 4.69) is 41.3 Å². The maximum absolute atomic E-state index is 13.2. The summed E-state index contributed by atoms with van der Waals surface area (Å²) < 4.78 is 2.00. The van der Waals surface area contributed by atoms with Crippen molar-refractivity contribution in [3.05, 3.63) is 72.1 Å². The summed E-state index contributed by atoms with van der Waals surface area (Å²) in [6, 6.07) is 18.4. The molecule has 6 nitrogen and oxygen atoms in total. The highest BCUT2D eigenvalue weighted by Crippen LogP contribution is 2.22. The van der Waals surface area contributed by atoms with E-state index in [9.17, 15) is 9.59 Å². The van der Waals surface area contributed by atoms with Gasteiger partial charge in [-0.25, -0.2) is 0 Å². The Kier molecular flexibility index (Phi) is 4.79. The van der Waals surface area contributed by atoms with Gasteiger partial charge in [-0.2, -0.15) is 0 Å². The summed E-state index contributed by atoms with van der Waals surface area (Å²) in [6.45, 7) is 3.42. The van der Waals surface area contributed by atoms with Crippen LogP contribution in [0.5, 0.6) is 0 Å². The monoisotopic (exact) mass is 402 g/mol. The fourth-order valence-corrected chi connectivity index (χ4v) is 4.62. The lowest BCUT2D eigenvalue weighted by Gasteiger charge is -2.46. The summed E-state index contributed by atoms with van der Waals surface area (Å²) in [4.78, 5) is 31.7. The van der Waals surface area contributed by atoms with Crippen LogP contribution in [-0.4, -0.2) is 63.3 Å². The second kappa shape index (κ2) is 7.61. The van der Waals surface area contributed by atoms with Gasteiger partial charge in [0.05, 0.1) is 6.54 Å². The summed E-state index contributed by atoms with van der Waals surface area (Å²) in [5.41, 5.74) is 2.27. The van der Waals surface area contributed by atoms with Crippen LogP contribution in [0.3, 0.4) is 0 Å². The Morgan fingerprint density at radius 3 is 2.57 bits per heavy atom. The molecule has 5 rings (SSSR count). The molecule has 1 unspecified atom stereocenters. The van der Waals surface area contributed by atoms with Crippen molar-refractivity contribution in [3.8, 4) is 0 Å². The molecule has 30 heavy (non-hydrogen) atoms. The van der Waals surface area contributed by atoms with Crippen molar-refractivity contribution in [2.75, 3.05) is 26.2 Å². The van der Waals surface area contributed by atoms with Gasteiger partial charge in [-0.3, -0.25) is 14.5 Å².